The second-order valence-corrected chi connectivity index (χ2v) is 8.57. The molecule has 2 aliphatic heterocycles. The molecule has 8 nitrogen and oxygen atoms in total. The Hall–Kier alpha value is -2.90. The van der Waals surface area contributed by atoms with Crippen LogP contribution in [0.5, 0.6) is 0 Å². The van der Waals surface area contributed by atoms with E-state index < -0.39 is 29.3 Å². The summed E-state index contributed by atoms with van der Waals surface area (Å²) < 4.78 is 5.41. The van der Waals surface area contributed by atoms with Gasteiger partial charge in [0.1, 0.15) is 5.60 Å². The molecule has 2 fully saturated rings. The fourth-order valence-electron chi connectivity index (χ4n) is 4.01. The maximum absolute atomic E-state index is 12.5. The Labute approximate surface area is 162 Å². The third-order valence-corrected chi connectivity index (χ3v) is 5.51. The van der Waals surface area contributed by atoms with Crippen LogP contribution in [0.4, 0.5) is 4.79 Å². The highest BCUT2D eigenvalue weighted by molar-refractivity contribution is 6.20. The number of carbonyl (C=O) groups excluding carboxylic acids is 4. The van der Waals surface area contributed by atoms with Crippen molar-refractivity contribution in [1.29, 1.82) is 0 Å². The average molecular weight is 386 g/mol. The van der Waals surface area contributed by atoms with Crippen molar-refractivity contribution in [2.24, 2.45) is 5.92 Å². The standard InChI is InChI=1S/C20H22N2O6/c1-19(2,3)27-18(26)21-9-8-20(21)10-12(11-20)17(25)28-22-15(23)13-6-4-5-7-14(13)16(22)24/h4-7,12H,8-11H2,1-3H3. The van der Waals surface area contributed by atoms with E-state index in [1.807, 2.05) is 0 Å². The normalized spacial score (nSPS) is 25.9. The van der Waals surface area contributed by atoms with Crippen molar-refractivity contribution < 1.29 is 28.8 Å². The molecule has 148 valence electrons. The van der Waals surface area contributed by atoms with Crippen LogP contribution in [-0.2, 0) is 14.4 Å². The van der Waals surface area contributed by atoms with Gasteiger partial charge in [-0.1, -0.05) is 17.2 Å². The molecular weight excluding hydrogens is 364 g/mol. The van der Waals surface area contributed by atoms with E-state index in [0.717, 1.165) is 6.42 Å². The maximum Gasteiger partial charge on any atom is 0.410 e. The van der Waals surface area contributed by atoms with Crippen LogP contribution in [0.25, 0.3) is 0 Å². The Balaban J connectivity index is 1.36. The SMILES string of the molecule is CC(C)(C)OC(=O)N1CCC12CC(C(=O)ON1C(=O)c3ccccc3C1=O)C2. The number of fused-ring (bicyclic) bond motifs is 1. The van der Waals surface area contributed by atoms with Gasteiger partial charge in [0.05, 0.1) is 17.0 Å². The number of benzene rings is 1. The molecular formula is C20H22N2O6. The van der Waals surface area contributed by atoms with Gasteiger partial charge in [-0.2, -0.15) is 0 Å². The highest BCUT2D eigenvalue weighted by Crippen LogP contribution is 2.51. The third kappa shape index (κ3) is 2.83. The maximum atomic E-state index is 12.5. The third-order valence-electron chi connectivity index (χ3n) is 5.51. The zero-order valence-electron chi connectivity index (χ0n) is 16.1. The quantitative estimate of drug-likeness (QED) is 0.725. The number of rotatable bonds is 2. The summed E-state index contributed by atoms with van der Waals surface area (Å²) in [6, 6.07) is 6.34. The molecule has 1 saturated heterocycles. The van der Waals surface area contributed by atoms with Crippen molar-refractivity contribution in [2.75, 3.05) is 6.54 Å². The second kappa shape index (κ2) is 6.05. The van der Waals surface area contributed by atoms with Crippen LogP contribution in [0, 0.1) is 5.92 Å². The van der Waals surface area contributed by atoms with Gasteiger partial charge >= 0.3 is 12.1 Å². The van der Waals surface area contributed by atoms with Crippen molar-refractivity contribution >= 4 is 23.9 Å². The van der Waals surface area contributed by atoms with Gasteiger partial charge in [0, 0.05) is 12.1 Å². The van der Waals surface area contributed by atoms with Crippen molar-refractivity contribution in [3.63, 3.8) is 0 Å². The number of imide groups is 1. The van der Waals surface area contributed by atoms with Gasteiger partial charge in [-0.05, 0) is 52.2 Å². The van der Waals surface area contributed by atoms with Crippen LogP contribution in [0.15, 0.2) is 24.3 Å². The molecule has 8 heteroatoms. The molecule has 0 atom stereocenters. The van der Waals surface area contributed by atoms with Gasteiger partial charge in [0.15, 0.2) is 0 Å². The number of nitrogens with zero attached hydrogens (tertiary/aromatic N) is 2. The van der Waals surface area contributed by atoms with Crippen LogP contribution < -0.4 is 0 Å². The topological polar surface area (TPSA) is 93.2 Å². The number of hydroxylamine groups is 2. The van der Waals surface area contributed by atoms with Crippen molar-refractivity contribution in [1.82, 2.24) is 9.96 Å². The second-order valence-electron chi connectivity index (χ2n) is 8.57. The molecule has 0 N–H and O–H groups in total. The lowest BCUT2D eigenvalue weighted by molar-refractivity contribution is -0.188. The van der Waals surface area contributed by atoms with Gasteiger partial charge in [0.25, 0.3) is 11.8 Å². The predicted molar refractivity (Wildman–Crippen MR) is 96.0 cm³/mol. The van der Waals surface area contributed by atoms with Gasteiger partial charge < -0.3 is 14.5 Å². The molecule has 1 aromatic carbocycles. The van der Waals surface area contributed by atoms with E-state index in [0.29, 0.717) is 24.4 Å². The first-order chi connectivity index (χ1) is 13.1. The lowest BCUT2D eigenvalue weighted by Gasteiger charge is -2.60. The summed E-state index contributed by atoms with van der Waals surface area (Å²) in [5.41, 5.74) is -0.518. The van der Waals surface area contributed by atoms with Crippen LogP contribution in [-0.4, -0.2) is 51.5 Å². The first kappa shape index (κ1) is 18.5. The van der Waals surface area contributed by atoms with Crippen LogP contribution in [0.2, 0.25) is 0 Å². The molecule has 28 heavy (non-hydrogen) atoms. The molecule has 1 aromatic rings. The highest BCUT2D eigenvalue weighted by Gasteiger charge is 2.59. The summed E-state index contributed by atoms with van der Waals surface area (Å²) in [6.45, 7) is 6.01. The Bertz CT molecular complexity index is 846. The number of likely N-dealkylation sites (tertiary alicyclic amines) is 1. The molecule has 1 aliphatic carbocycles. The van der Waals surface area contributed by atoms with Crippen LogP contribution >= 0.6 is 0 Å². The zero-order chi connectivity index (χ0) is 20.3. The number of hydrogen-bond donors (Lipinski definition) is 0. The Morgan fingerprint density at radius 1 is 1.07 bits per heavy atom. The molecule has 1 saturated carbocycles. The zero-order valence-corrected chi connectivity index (χ0v) is 16.1. The van der Waals surface area contributed by atoms with E-state index in [-0.39, 0.29) is 22.8 Å². The van der Waals surface area contributed by atoms with E-state index in [1.54, 1.807) is 37.8 Å². The summed E-state index contributed by atoms with van der Waals surface area (Å²) in [5, 5.41) is 0.532. The minimum absolute atomic E-state index is 0.223. The number of amides is 3. The average Bonchev–Trinajstić information content (AvgIpc) is 2.76. The highest BCUT2D eigenvalue weighted by atomic mass is 16.7. The molecule has 4 rings (SSSR count). The van der Waals surface area contributed by atoms with Gasteiger partial charge in [0.2, 0.25) is 0 Å². The summed E-state index contributed by atoms with van der Waals surface area (Å²) in [6.07, 6.45) is 1.29. The minimum atomic E-state index is -0.637. The van der Waals surface area contributed by atoms with Crippen molar-refractivity contribution in [2.45, 2.75) is 51.2 Å². The lowest BCUT2D eigenvalue weighted by Crippen LogP contribution is -2.69. The summed E-state index contributed by atoms with van der Waals surface area (Å²) in [4.78, 5) is 56.1. The van der Waals surface area contributed by atoms with Gasteiger partial charge in [-0.25, -0.2) is 9.59 Å². The van der Waals surface area contributed by atoms with E-state index in [4.69, 9.17) is 9.57 Å². The van der Waals surface area contributed by atoms with E-state index in [2.05, 4.69) is 0 Å². The van der Waals surface area contributed by atoms with Crippen molar-refractivity contribution in [3.05, 3.63) is 35.4 Å². The molecule has 3 amide bonds. The van der Waals surface area contributed by atoms with Crippen LogP contribution in [0.1, 0.15) is 60.7 Å². The Morgan fingerprint density at radius 3 is 2.11 bits per heavy atom. The van der Waals surface area contributed by atoms with Gasteiger partial charge in [-0.3, -0.25) is 9.59 Å². The summed E-state index contributed by atoms with van der Waals surface area (Å²) in [7, 11) is 0. The first-order valence-electron chi connectivity index (χ1n) is 9.32. The van der Waals surface area contributed by atoms with E-state index in [9.17, 15) is 19.2 Å². The molecule has 0 radical (unpaired) electrons. The molecule has 0 aromatic heterocycles. The lowest BCUT2D eigenvalue weighted by atomic mass is 9.61. The number of ether oxygens (including phenoxy) is 1. The molecule has 0 unspecified atom stereocenters. The predicted octanol–water partition coefficient (Wildman–Crippen LogP) is 2.53. The fraction of sp³-hybridized carbons (Fsp3) is 0.500. The van der Waals surface area contributed by atoms with E-state index >= 15 is 0 Å². The molecule has 2 heterocycles. The summed E-state index contributed by atoms with van der Waals surface area (Å²) >= 11 is 0. The number of carbonyl (C=O) groups is 4. The fourth-order valence-corrected chi connectivity index (χ4v) is 4.01. The smallest absolute Gasteiger partial charge is 0.410 e. The summed E-state index contributed by atoms with van der Waals surface area (Å²) in [5.74, 6) is -2.37. The first-order valence-corrected chi connectivity index (χ1v) is 9.32. The largest absolute Gasteiger partial charge is 0.444 e. The number of hydrogen-bond acceptors (Lipinski definition) is 6. The minimum Gasteiger partial charge on any atom is -0.444 e. The van der Waals surface area contributed by atoms with Gasteiger partial charge in [-0.15, -0.1) is 0 Å². The monoisotopic (exact) mass is 386 g/mol. The molecule has 3 aliphatic rings. The molecule has 1 spiro atoms. The van der Waals surface area contributed by atoms with E-state index in [1.165, 1.54) is 12.1 Å². The Kier molecular flexibility index (Phi) is 3.99. The molecule has 0 bridgehead atoms. The van der Waals surface area contributed by atoms with Crippen molar-refractivity contribution in [3.8, 4) is 0 Å². The van der Waals surface area contributed by atoms with Crippen LogP contribution in [0.3, 0.4) is 0 Å². The Morgan fingerprint density at radius 2 is 1.64 bits per heavy atom.